The lowest BCUT2D eigenvalue weighted by Gasteiger charge is -2.09. The highest BCUT2D eigenvalue weighted by Gasteiger charge is 2.09. The zero-order valence-electron chi connectivity index (χ0n) is 23.9. The molecule has 2 rings (SSSR count). The second-order valence-electron chi connectivity index (χ2n) is 9.89. The summed E-state index contributed by atoms with van der Waals surface area (Å²) >= 11 is 0. The van der Waals surface area contributed by atoms with Gasteiger partial charge in [0.25, 0.3) is 0 Å². The normalized spacial score (nSPS) is 10.6. The molecule has 0 spiro atoms. The van der Waals surface area contributed by atoms with Gasteiger partial charge in [0.05, 0.1) is 25.4 Å². The first-order valence-corrected chi connectivity index (χ1v) is 14.5. The number of esters is 2. The van der Waals surface area contributed by atoms with Crippen LogP contribution in [0, 0.1) is 0 Å². The molecule has 214 valence electrons. The molecule has 0 aromatic heterocycles. The Hall–Kier alpha value is -3.28. The van der Waals surface area contributed by atoms with E-state index in [0.717, 1.165) is 50.0 Å². The van der Waals surface area contributed by atoms with E-state index in [2.05, 4.69) is 13.5 Å². The number of carbonyl (C=O) groups excluding carboxylic acids is 2. The summed E-state index contributed by atoms with van der Waals surface area (Å²) in [5.74, 6) is 1.32. The van der Waals surface area contributed by atoms with Crippen LogP contribution in [0.5, 0.6) is 17.2 Å². The van der Waals surface area contributed by atoms with Gasteiger partial charge in [0.2, 0.25) is 0 Å². The Bertz CT molecular complexity index is 965. The summed E-state index contributed by atoms with van der Waals surface area (Å²) < 4.78 is 22.1. The summed E-state index contributed by atoms with van der Waals surface area (Å²) in [4.78, 5) is 23.8. The number of benzene rings is 2. The first kappa shape index (κ1) is 31.9. The fraction of sp³-hybridized carbons (Fsp3) is 0.515. The Balaban J connectivity index is 1.52. The Labute approximate surface area is 234 Å². The van der Waals surface area contributed by atoms with Crippen molar-refractivity contribution in [2.45, 2.75) is 90.9 Å². The van der Waals surface area contributed by atoms with Crippen molar-refractivity contribution in [2.75, 3.05) is 19.8 Å². The van der Waals surface area contributed by atoms with Crippen molar-refractivity contribution in [3.05, 3.63) is 66.2 Å². The highest BCUT2D eigenvalue weighted by molar-refractivity contribution is 5.91. The second-order valence-corrected chi connectivity index (χ2v) is 9.89. The molecule has 0 aliphatic carbocycles. The Morgan fingerprint density at radius 3 is 1.56 bits per heavy atom. The number of unbranched alkanes of at least 4 members (excludes halogenated alkanes) is 10. The van der Waals surface area contributed by atoms with Gasteiger partial charge in [0.15, 0.2) is 0 Å². The lowest BCUT2D eigenvalue weighted by atomic mass is 10.1. The predicted molar refractivity (Wildman–Crippen MR) is 156 cm³/mol. The molecule has 0 radical (unpaired) electrons. The van der Waals surface area contributed by atoms with Crippen molar-refractivity contribution < 1.29 is 28.5 Å². The van der Waals surface area contributed by atoms with Crippen LogP contribution in [-0.2, 0) is 9.53 Å². The minimum absolute atomic E-state index is 0.298. The van der Waals surface area contributed by atoms with Crippen LogP contribution in [0.15, 0.2) is 60.7 Å². The van der Waals surface area contributed by atoms with Crippen LogP contribution in [0.3, 0.4) is 0 Å². The number of carbonyl (C=O) groups is 2. The van der Waals surface area contributed by atoms with Gasteiger partial charge in [-0.25, -0.2) is 9.59 Å². The van der Waals surface area contributed by atoms with Crippen LogP contribution in [-0.4, -0.2) is 31.8 Å². The first-order chi connectivity index (χ1) is 19.0. The maximum absolute atomic E-state index is 12.5. The minimum atomic E-state index is -0.399. The number of rotatable bonds is 21. The average Bonchev–Trinajstić information content (AvgIpc) is 2.94. The van der Waals surface area contributed by atoms with Gasteiger partial charge in [-0.15, -0.1) is 0 Å². The molecule has 0 heterocycles. The van der Waals surface area contributed by atoms with E-state index in [1.807, 2.05) is 12.1 Å². The van der Waals surface area contributed by atoms with E-state index in [4.69, 9.17) is 18.9 Å². The molecule has 0 atom stereocenters. The maximum Gasteiger partial charge on any atom is 0.343 e. The first-order valence-electron chi connectivity index (χ1n) is 14.5. The molecule has 39 heavy (non-hydrogen) atoms. The standard InChI is InChI=1S/C33H46O6/c1-4-5-6-13-24-36-29-18-16-28(17-19-29)33(35)39-31-22-20-30(21-23-31)37-25-14-11-9-7-8-10-12-15-26-38-32(34)27(2)3/h16-23H,2,4-15,24-26H2,1,3H3. The quantitative estimate of drug-likeness (QED) is 0.0687. The van der Waals surface area contributed by atoms with Crippen LogP contribution >= 0.6 is 0 Å². The third kappa shape index (κ3) is 14.4. The zero-order chi connectivity index (χ0) is 28.1. The Morgan fingerprint density at radius 1 is 0.615 bits per heavy atom. The van der Waals surface area contributed by atoms with E-state index in [1.165, 1.54) is 38.5 Å². The minimum Gasteiger partial charge on any atom is -0.494 e. The van der Waals surface area contributed by atoms with Gasteiger partial charge in [-0.3, -0.25) is 0 Å². The topological polar surface area (TPSA) is 71.1 Å². The van der Waals surface area contributed by atoms with E-state index in [-0.39, 0.29) is 5.97 Å². The van der Waals surface area contributed by atoms with E-state index < -0.39 is 5.97 Å². The smallest absolute Gasteiger partial charge is 0.343 e. The van der Waals surface area contributed by atoms with Gasteiger partial charge in [0, 0.05) is 5.57 Å². The van der Waals surface area contributed by atoms with Crippen molar-refractivity contribution >= 4 is 11.9 Å². The summed E-state index contributed by atoms with van der Waals surface area (Å²) in [6.07, 6.45) is 13.5. The summed E-state index contributed by atoms with van der Waals surface area (Å²) in [7, 11) is 0. The second kappa shape index (κ2) is 19.7. The molecular formula is C33H46O6. The molecule has 2 aromatic rings. The third-order valence-electron chi connectivity index (χ3n) is 6.28. The predicted octanol–water partition coefficient (Wildman–Crippen LogP) is 8.48. The van der Waals surface area contributed by atoms with Gasteiger partial charge in [-0.05, 0) is 74.7 Å². The summed E-state index contributed by atoms with van der Waals surface area (Å²) in [5, 5.41) is 0. The third-order valence-corrected chi connectivity index (χ3v) is 6.28. The van der Waals surface area contributed by atoms with Crippen molar-refractivity contribution in [3.63, 3.8) is 0 Å². The lowest BCUT2D eigenvalue weighted by Crippen LogP contribution is -2.08. The van der Waals surface area contributed by atoms with Crippen LogP contribution in [0.4, 0.5) is 0 Å². The molecule has 0 N–H and O–H groups in total. The average molecular weight is 539 g/mol. The Kier molecular flexibility index (Phi) is 16.2. The Morgan fingerprint density at radius 2 is 1.05 bits per heavy atom. The zero-order valence-corrected chi connectivity index (χ0v) is 23.9. The fourth-order valence-corrected chi connectivity index (χ4v) is 3.92. The molecule has 0 unspecified atom stereocenters. The molecule has 0 aliphatic heterocycles. The van der Waals surface area contributed by atoms with Gasteiger partial charge in [-0.2, -0.15) is 0 Å². The van der Waals surface area contributed by atoms with Crippen LogP contribution in [0.2, 0.25) is 0 Å². The maximum atomic E-state index is 12.5. The monoisotopic (exact) mass is 538 g/mol. The van der Waals surface area contributed by atoms with E-state index in [0.29, 0.717) is 36.7 Å². The van der Waals surface area contributed by atoms with Gasteiger partial charge < -0.3 is 18.9 Å². The summed E-state index contributed by atoms with van der Waals surface area (Å²) in [6.45, 7) is 9.27. The van der Waals surface area contributed by atoms with Crippen molar-refractivity contribution in [1.29, 1.82) is 0 Å². The lowest BCUT2D eigenvalue weighted by molar-refractivity contribution is -0.139. The van der Waals surface area contributed by atoms with Crippen molar-refractivity contribution in [1.82, 2.24) is 0 Å². The molecule has 0 aliphatic rings. The highest BCUT2D eigenvalue weighted by atomic mass is 16.5. The molecule has 0 saturated carbocycles. The SMILES string of the molecule is C=C(C)C(=O)OCCCCCCCCCCOc1ccc(OC(=O)c2ccc(OCCCCCC)cc2)cc1. The summed E-state index contributed by atoms with van der Waals surface area (Å²) in [6, 6.07) is 14.2. The molecule has 0 fully saturated rings. The number of hydrogen-bond acceptors (Lipinski definition) is 6. The van der Waals surface area contributed by atoms with Crippen molar-refractivity contribution in [3.8, 4) is 17.2 Å². The van der Waals surface area contributed by atoms with Gasteiger partial charge in [-0.1, -0.05) is 71.3 Å². The van der Waals surface area contributed by atoms with Crippen LogP contribution < -0.4 is 14.2 Å². The molecule has 0 amide bonds. The fourth-order valence-electron chi connectivity index (χ4n) is 3.92. The molecular weight excluding hydrogens is 492 g/mol. The molecule has 2 aromatic carbocycles. The van der Waals surface area contributed by atoms with Gasteiger partial charge >= 0.3 is 11.9 Å². The van der Waals surface area contributed by atoms with E-state index in [9.17, 15) is 9.59 Å². The molecule has 6 nitrogen and oxygen atoms in total. The van der Waals surface area contributed by atoms with Crippen molar-refractivity contribution in [2.24, 2.45) is 0 Å². The molecule has 6 heteroatoms. The van der Waals surface area contributed by atoms with Crippen LogP contribution in [0.25, 0.3) is 0 Å². The van der Waals surface area contributed by atoms with Gasteiger partial charge in [0.1, 0.15) is 17.2 Å². The van der Waals surface area contributed by atoms with E-state index in [1.54, 1.807) is 43.3 Å². The highest BCUT2D eigenvalue weighted by Crippen LogP contribution is 2.20. The number of ether oxygens (including phenoxy) is 4. The largest absolute Gasteiger partial charge is 0.494 e. The molecule has 0 bridgehead atoms. The molecule has 0 saturated heterocycles. The summed E-state index contributed by atoms with van der Waals surface area (Å²) in [5.41, 5.74) is 0.936. The van der Waals surface area contributed by atoms with E-state index >= 15 is 0 Å². The van der Waals surface area contributed by atoms with Crippen LogP contribution in [0.1, 0.15) is 101 Å². The number of hydrogen-bond donors (Lipinski definition) is 0.